The summed E-state index contributed by atoms with van der Waals surface area (Å²) in [5, 5.41) is 13.5. The van der Waals surface area contributed by atoms with Crippen LogP contribution < -0.4 is 10.1 Å². The minimum absolute atomic E-state index is 0.00545. The van der Waals surface area contributed by atoms with E-state index < -0.39 is 0 Å². The van der Waals surface area contributed by atoms with E-state index in [1.807, 2.05) is 42.5 Å². The second-order valence-electron chi connectivity index (χ2n) is 10.5. The van der Waals surface area contributed by atoms with Gasteiger partial charge in [-0.15, -0.1) is 0 Å². The lowest BCUT2D eigenvalue weighted by atomic mass is 9.58. The van der Waals surface area contributed by atoms with Crippen LogP contribution in [0.3, 0.4) is 0 Å². The van der Waals surface area contributed by atoms with E-state index in [1.165, 1.54) is 24.9 Å². The van der Waals surface area contributed by atoms with Crippen molar-refractivity contribution in [1.82, 2.24) is 10.2 Å². The molecule has 180 valence electrons. The fourth-order valence-corrected chi connectivity index (χ4v) is 6.15. The normalized spacial score (nSPS) is 27.3. The number of rotatable bonds is 7. The molecule has 0 bridgehead atoms. The van der Waals surface area contributed by atoms with Crippen molar-refractivity contribution in [2.75, 3.05) is 26.7 Å². The number of piperidine rings is 1. The van der Waals surface area contributed by atoms with Crippen LogP contribution in [0.1, 0.15) is 49.7 Å². The summed E-state index contributed by atoms with van der Waals surface area (Å²) in [5.74, 6) is 2.52. The van der Waals surface area contributed by atoms with Gasteiger partial charge >= 0.3 is 0 Å². The Morgan fingerprint density at radius 2 is 2.03 bits per heavy atom. The van der Waals surface area contributed by atoms with E-state index in [9.17, 15) is 9.90 Å². The number of phenols is 1. The number of nitrogens with zero attached hydrogens (tertiary/aromatic N) is 1. The number of carbonyl (C=O) groups is 1. The van der Waals surface area contributed by atoms with Gasteiger partial charge in [-0.25, -0.2) is 0 Å². The first kappa shape index (κ1) is 23.0. The lowest BCUT2D eigenvalue weighted by Gasteiger charge is -2.53. The molecule has 1 saturated heterocycles. The van der Waals surface area contributed by atoms with Gasteiger partial charge in [0.2, 0.25) is 5.91 Å². The van der Waals surface area contributed by atoms with E-state index in [0.717, 1.165) is 56.0 Å². The number of likely N-dealkylation sites (tertiary alicyclic amines) is 1. The van der Waals surface area contributed by atoms with Crippen molar-refractivity contribution in [3.63, 3.8) is 0 Å². The second-order valence-corrected chi connectivity index (χ2v) is 10.5. The van der Waals surface area contributed by atoms with Gasteiger partial charge < -0.3 is 20.1 Å². The molecule has 5 rings (SSSR count). The molecule has 2 aromatic rings. The zero-order valence-corrected chi connectivity index (χ0v) is 20.1. The largest absolute Gasteiger partial charge is 0.508 e. The molecule has 1 aliphatic heterocycles. The Labute approximate surface area is 202 Å². The Morgan fingerprint density at radius 3 is 2.82 bits per heavy atom. The third-order valence-corrected chi connectivity index (χ3v) is 8.11. The van der Waals surface area contributed by atoms with Crippen LogP contribution in [0.4, 0.5) is 0 Å². The lowest BCUT2D eigenvalue weighted by Crippen LogP contribution is -2.56. The molecular weight excluding hydrogens is 424 g/mol. The van der Waals surface area contributed by atoms with Crippen LogP contribution in [0.25, 0.3) is 6.08 Å². The summed E-state index contributed by atoms with van der Waals surface area (Å²) < 4.78 is 5.27. The molecule has 34 heavy (non-hydrogen) atoms. The van der Waals surface area contributed by atoms with Crippen molar-refractivity contribution in [1.29, 1.82) is 0 Å². The molecule has 0 radical (unpaired) electrons. The van der Waals surface area contributed by atoms with Crippen molar-refractivity contribution >= 4 is 12.0 Å². The number of carbonyl (C=O) groups excluding carboxylic acids is 1. The Morgan fingerprint density at radius 1 is 1.18 bits per heavy atom. The first-order chi connectivity index (χ1) is 16.5. The summed E-state index contributed by atoms with van der Waals surface area (Å²) in [6.07, 6.45) is 10.3. The minimum Gasteiger partial charge on any atom is -0.508 e. The van der Waals surface area contributed by atoms with Crippen molar-refractivity contribution in [3.8, 4) is 11.5 Å². The standard InChI is InChI=1S/C29H36N2O3/c1-34-27-7-2-4-21(16-27)10-13-28(33)30-25-12-11-24-20-31(19-22-8-9-22)15-14-29(24,18-25)23-5-3-6-26(32)17-23/h2-7,10,13,16-17,22,24-25,32H,8-9,11-12,14-15,18-20H2,1H3,(H,30,33)/t24-,25+,29+/m1/s1. The van der Waals surface area contributed by atoms with Gasteiger partial charge in [-0.2, -0.15) is 0 Å². The Kier molecular flexibility index (Phi) is 6.64. The molecule has 5 nitrogen and oxygen atoms in total. The number of aromatic hydroxyl groups is 1. The van der Waals surface area contributed by atoms with Gasteiger partial charge in [-0.05, 0) is 98.4 Å². The van der Waals surface area contributed by atoms with Gasteiger partial charge in [0.05, 0.1) is 7.11 Å². The molecule has 3 atom stereocenters. The zero-order chi connectivity index (χ0) is 23.5. The van der Waals surface area contributed by atoms with E-state index in [2.05, 4.69) is 16.3 Å². The first-order valence-electron chi connectivity index (χ1n) is 12.7. The van der Waals surface area contributed by atoms with Crippen molar-refractivity contribution < 1.29 is 14.6 Å². The fraction of sp³-hybridized carbons (Fsp3) is 0.483. The van der Waals surface area contributed by atoms with Gasteiger partial charge in [0, 0.05) is 30.6 Å². The molecule has 0 unspecified atom stereocenters. The third-order valence-electron chi connectivity index (χ3n) is 8.11. The highest BCUT2D eigenvalue weighted by molar-refractivity contribution is 5.92. The summed E-state index contributed by atoms with van der Waals surface area (Å²) in [7, 11) is 1.64. The summed E-state index contributed by atoms with van der Waals surface area (Å²) >= 11 is 0. The van der Waals surface area contributed by atoms with Crippen LogP contribution in [0, 0.1) is 11.8 Å². The van der Waals surface area contributed by atoms with Gasteiger partial charge in [-0.1, -0.05) is 24.3 Å². The number of hydrogen-bond donors (Lipinski definition) is 2. The van der Waals surface area contributed by atoms with E-state index >= 15 is 0 Å². The molecule has 0 spiro atoms. The zero-order valence-electron chi connectivity index (χ0n) is 20.1. The number of amides is 1. The SMILES string of the molecule is COc1cccc(C=CC(=O)N[C@H]2CC[C@@H]3CN(CC4CC4)CC[C@@]3(c3cccc(O)c3)C2)c1. The highest BCUT2D eigenvalue weighted by atomic mass is 16.5. The monoisotopic (exact) mass is 460 g/mol. The smallest absolute Gasteiger partial charge is 0.244 e. The van der Waals surface area contributed by atoms with Crippen LogP contribution >= 0.6 is 0 Å². The molecule has 1 heterocycles. The maximum Gasteiger partial charge on any atom is 0.244 e. The summed E-state index contributed by atoms with van der Waals surface area (Å²) in [6, 6.07) is 15.7. The quantitative estimate of drug-likeness (QED) is 0.585. The minimum atomic E-state index is -0.0523. The molecule has 0 aromatic heterocycles. The average molecular weight is 461 g/mol. The Balaban J connectivity index is 1.29. The van der Waals surface area contributed by atoms with Crippen molar-refractivity contribution in [2.45, 2.75) is 50.0 Å². The number of benzene rings is 2. The molecule has 2 aromatic carbocycles. The highest BCUT2D eigenvalue weighted by Crippen LogP contribution is 2.50. The Bertz CT molecular complexity index is 1050. The first-order valence-corrected chi connectivity index (χ1v) is 12.7. The number of ether oxygens (including phenoxy) is 1. The second kappa shape index (κ2) is 9.83. The van der Waals surface area contributed by atoms with E-state index in [1.54, 1.807) is 19.3 Å². The topological polar surface area (TPSA) is 61.8 Å². The van der Waals surface area contributed by atoms with Crippen LogP contribution in [0.5, 0.6) is 11.5 Å². The van der Waals surface area contributed by atoms with Crippen LogP contribution in [0.2, 0.25) is 0 Å². The predicted molar refractivity (Wildman–Crippen MR) is 135 cm³/mol. The predicted octanol–water partition coefficient (Wildman–Crippen LogP) is 4.75. The Hall–Kier alpha value is -2.79. The molecule has 3 fully saturated rings. The third kappa shape index (κ3) is 5.15. The molecule has 1 amide bonds. The fourth-order valence-electron chi connectivity index (χ4n) is 6.15. The number of hydrogen-bond acceptors (Lipinski definition) is 4. The number of fused-ring (bicyclic) bond motifs is 1. The maximum atomic E-state index is 12.8. The van der Waals surface area contributed by atoms with Crippen molar-refractivity contribution in [3.05, 3.63) is 65.7 Å². The molecule has 2 N–H and O–H groups in total. The highest BCUT2D eigenvalue weighted by Gasteiger charge is 2.48. The van der Waals surface area contributed by atoms with Gasteiger partial charge in [0.15, 0.2) is 0 Å². The average Bonchev–Trinajstić information content (AvgIpc) is 3.67. The molecule has 2 aliphatic carbocycles. The maximum absolute atomic E-state index is 12.8. The van der Waals surface area contributed by atoms with E-state index in [4.69, 9.17) is 4.74 Å². The van der Waals surface area contributed by atoms with E-state index in [-0.39, 0.29) is 17.4 Å². The van der Waals surface area contributed by atoms with Crippen LogP contribution in [-0.2, 0) is 10.2 Å². The van der Waals surface area contributed by atoms with Gasteiger partial charge in [-0.3, -0.25) is 4.79 Å². The van der Waals surface area contributed by atoms with Gasteiger partial charge in [0.1, 0.15) is 11.5 Å². The molecule has 2 saturated carbocycles. The summed E-state index contributed by atoms with van der Waals surface area (Å²) in [4.78, 5) is 15.5. The number of nitrogens with one attached hydrogen (secondary N) is 1. The van der Waals surface area contributed by atoms with Gasteiger partial charge in [0.25, 0.3) is 0 Å². The van der Waals surface area contributed by atoms with Crippen LogP contribution in [-0.4, -0.2) is 48.7 Å². The van der Waals surface area contributed by atoms with Crippen molar-refractivity contribution in [2.24, 2.45) is 11.8 Å². The van der Waals surface area contributed by atoms with E-state index in [0.29, 0.717) is 11.7 Å². The number of methoxy groups -OCH3 is 1. The number of phenolic OH excluding ortho intramolecular Hbond substituents is 1. The molecule has 5 heteroatoms. The molecular formula is C29H36N2O3. The summed E-state index contributed by atoms with van der Waals surface area (Å²) in [5.41, 5.74) is 2.18. The summed E-state index contributed by atoms with van der Waals surface area (Å²) in [6.45, 7) is 3.46. The lowest BCUT2D eigenvalue weighted by molar-refractivity contribution is -0.117. The van der Waals surface area contributed by atoms with Crippen LogP contribution in [0.15, 0.2) is 54.6 Å². The molecule has 3 aliphatic rings.